The standard InChI is InChI=1S/C16H17BrClF2N3S/c1-3-8-6-4-5-7-23(8)15-9-12(19)11(18)10(17)13(20)14(9)21-16(22-15)24-2/h8H,3-7H2,1-2H3/t8-/m1/s1. The van der Waals surface area contributed by atoms with Gasteiger partial charge in [-0.25, -0.2) is 18.7 Å². The van der Waals surface area contributed by atoms with Gasteiger partial charge in [-0.2, -0.15) is 0 Å². The van der Waals surface area contributed by atoms with Crippen molar-refractivity contribution < 1.29 is 8.78 Å². The zero-order valence-corrected chi connectivity index (χ0v) is 16.5. The van der Waals surface area contributed by atoms with Gasteiger partial charge in [0.15, 0.2) is 16.8 Å². The van der Waals surface area contributed by atoms with Crippen LogP contribution in [0.25, 0.3) is 10.9 Å². The highest BCUT2D eigenvalue weighted by Crippen LogP contribution is 2.40. The van der Waals surface area contributed by atoms with E-state index in [-0.39, 0.29) is 26.4 Å². The molecule has 1 saturated heterocycles. The number of hydrogen-bond acceptors (Lipinski definition) is 4. The largest absolute Gasteiger partial charge is 0.353 e. The van der Waals surface area contributed by atoms with Crippen LogP contribution in [0.2, 0.25) is 5.02 Å². The summed E-state index contributed by atoms with van der Waals surface area (Å²) in [5.74, 6) is -0.884. The Morgan fingerprint density at radius 3 is 2.71 bits per heavy atom. The lowest BCUT2D eigenvalue weighted by molar-refractivity contribution is 0.446. The summed E-state index contributed by atoms with van der Waals surface area (Å²) in [4.78, 5) is 10.8. The highest BCUT2D eigenvalue weighted by molar-refractivity contribution is 9.10. The number of benzene rings is 1. The number of rotatable bonds is 3. The molecular formula is C16H17BrClF2N3S. The van der Waals surface area contributed by atoms with Crippen LogP contribution in [0.4, 0.5) is 14.6 Å². The summed E-state index contributed by atoms with van der Waals surface area (Å²) in [6.07, 6.45) is 5.90. The molecule has 1 fully saturated rings. The van der Waals surface area contributed by atoms with Gasteiger partial charge in [0, 0.05) is 12.6 Å². The monoisotopic (exact) mass is 435 g/mol. The molecule has 0 N–H and O–H groups in total. The summed E-state index contributed by atoms with van der Waals surface area (Å²) >= 11 is 10.3. The third-order valence-electron chi connectivity index (χ3n) is 4.43. The van der Waals surface area contributed by atoms with E-state index in [9.17, 15) is 8.78 Å². The number of halogens is 4. The number of piperidine rings is 1. The molecule has 1 aromatic carbocycles. The Morgan fingerprint density at radius 1 is 1.29 bits per heavy atom. The molecule has 3 nitrogen and oxygen atoms in total. The highest BCUT2D eigenvalue weighted by Gasteiger charge is 2.29. The lowest BCUT2D eigenvalue weighted by Gasteiger charge is -2.37. The Hall–Kier alpha value is -0.660. The van der Waals surface area contributed by atoms with Crippen molar-refractivity contribution in [2.45, 2.75) is 43.8 Å². The van der Waals surface area contributed by atoms with Gasteiger partial charge >= 0.3 is 0 Å². The van der Waals surface area contributed by atoms with Crippen LogP contribution in [-0.4, -0.2) is 28.8 Å². The molecule has 24 heavy (non-hydrogen) atoms. The molecule has 1 aromatic heterocycles. The maximum absolute atomic E-state index is 14.9. The van der Waals surface area contributed by atoms with Crippen LogP contribution < -0.4 is 4.90 Å². The minimum absolute atomic E-state index is 0.0291. The number of aromatic nitrogens is 2. The van der Waals surface area contributed by atoms with E-state index in [1.165, 1.54) is 11.8 Å². The van der Waals surface area contributed by atoms with E-state index < -0.39 is 11.6 Å². The molecule has 130 valence electrons. The summed E-state index contributed by atoms with van der Waals surface area (Å²) in [6.45, 7) is 2.87. The summed E-state index contributed by atoms with van der Waals surface area (Å²) in [5, 5.41) is 0.219. The maximum atomic E-state index is 14.9. The molecule has 1 atom stereocenters. The average molecular weight is 437 g/mol. The third-order valence-corrected chi connectivity index (χ3v) is 6.30. The molecule has 2 heterocycles. The van der Waals surface area contributed by atoms with E-state index in [4.69, 9.17) is 11.6 Å². The summed E-state index contributed by atoms with van der Waals surface area (Å²) in [7, 11) is 0. The number of fused-ring (bicyclic) bond motifs is 1. The minimum atomic E-state index is -0.678. The van der Waals surface area contributed by atoms with Crippen LogP contribution in [0.3, 0.4) is 0 Å². The molecule has 0 spiro atoms. The van der Waals surface area contributed by atoms with Crippen LogP contribution in [0.15, 0.2) is 9.63 Å². The number of hydrogen-bond donors (Lipinski definition) is 0. The lowest BCUT2D eigenvalue weighted by atomic mass is 9.99. The second-order valence-electron chi connectivity index (χ2n) is 5.76. The highest BCUT2D eigenvalue weighted by atomic mass is 79.9. The molecule has 0 unspecified atom stereocenters. The maximum Gasteiger partial charge on any atom is 0.189 e. The summed E-state index contributed by atoms with van der Waals surface area (Å²) < 4.78 is 29.4. The fourth-order valence-electron chi connectivity index (χ4n) is 3.20. The lowest BCUT2D eigenvalue weighted by Crippen LogP contribution is -2.40. The van der Waals surface area contributed by atoms with E-state index in [1.807, 2.05) is 6.26 Å². The van der Waals surface area contributed by atoms with Crippen LogP contribution in [0, 0.1) is 11.6 Å². The van der Waals surface area contributed by atoms with E-state index in [1.54, 1.807) is 0 Å². The van der Waals surface area contributed by atoms with Crippen molar-refractivity contribution in [3.05, 3.63) is 21.1 Å². The van der Waals surface area contributed by atoms with E-state index in [0.29, 0.717) is 11.0 Å². The van der Waals surface area contributed by atoms with Gasteiger partial charge < -0.3 is 4.90 Å². The molecule has 8 heteroatoms. The topological polar surface area (TPSA) is 29.0 Å². The van der Waals surface area contributed by atoms with Crippen molar-refractivity contribution in [1.29, 1.82) is 0 Å². The van der Waals surface area contributed by atoms with Gasteiger partial charge in [-0.15, -0.1) is 0 Å². The van der Waals surface area contributed by atoms with Gasteiger partial charge in [-0.3, -0.25) is 0 Å². The van der Waals surface area contributed by atoms with Crippen LogP contribution in [0.1, 0.15) is 32.6 Å². The predicted molar refractivity (Wildman–Crippen MR) is 99.2 cm³/mol. The molecule has 1 aliphatic rings. The smallest absolute Gasteiger partial charge is 0.189 e. The SMILES string of the molecule is CC[C@@H]1CCCCN1c1nc(SC)nc2c(F)c(Br)c(Cl)c(F)c12. The molecule has 3 rings (SSSR count). The van der Waals surface area contributed by atoms with Crippen molar-refractivity contribution in [3.63, 3.8) is 0 Å². The second-order valence-corrected chi connectivity index (χ2v) is 7.71. The normalized spacial score (nSPS) is 18.4. The van der Waals surface area contributed by atoms with E-state index in [0.717, 1.165) is 32.2 Å². The van der Waals surface area contributed by atoms with Gasteiger partial charge in [0.25, 0.3) is 0 Å². The first-order chi connectivity index (χ1) is 11.5. The molecule has 0 aliphatic carbocycles. The van der Waals surface area contributed by atoms with Crippen LogP contribution in [0.5, 0.6) is 0 Å². The summed E-state index contributed by atoms with van der Waals surface area (Å²) in [6, 6.07) is 0.261. The van der Waals surface area contributed by atoms with Crippen LogP contribution in [-0.2, 0) is 0 Å². The quantitative estimate of drug-likeness (QED) is 0.263. The molecule has 0 bridgehead atoms. The first-order valence-corrected chi connectivity index (χ1v) is 10.2. The second kappa shape index (κ2) is 7.30. The number of anilines is 1. The fourth-order valence-corrected chi connectivity index (χ4v) is 4.10. The van der Waals surface area contributed by atoms with Crippen molar-refractivity contribution >= 4 is 56.0 Å². The average Bonchev–Trinajstić information content (AvgIpc) is 2.63. The Kier molecular flexibility index (Phi) is 5.52. The zero-order valence-electron chi connectivity index (χ0n) is 13.4. The first-order valence-electron chi connectivity index (χ1n) is 7.83. The minimum Gasteiger partial charge on any atom is -0.353 e. The molecule has 0 radical (unpaired) electrons. The first kappa shape index (κ1) is 18.1. The Bertz CT molecular complexity index is 790. The van der Waals surface area contributed by atoms with Crippen LogP contribution >= 0.6 is 39.3 Å². The van der Waals surface area contributed by atoms with Crippen molar-refractivity contribution in [2.24, 2.45) is 0 Å². The molecule has 1 aliphatic heterocycles. The fraction of sp³-hybridized carbons (Fsp3) is 0.500. The van der Waals surface area contributed by atoms with Gasteiger partial charge in [0.05, 0.1) is 14.9 Å². The van der Waals surface area contributed by atoms with Crippen molar-refractivity contribution in [1.82, 2.24) is 9.97 Å². The molecular weight excluding hydrogens is 420 g/mol. The third kappa shape index (κ3) is 2.99. The van der Waals surface area contributed by atoms with Crippen molar-refractivity contribution in [3.8, 4) is 0 Å². The molecule has 0 saturated carbocycles. The van der Waals surface area contributed by atoms with Gasteiger partial charge in [-0.05, 0) is 47.9 Å². The number of nitrogens with zero attached hydrogens (tertiary/aromatic N) is 3. The van der Waals surface area contributed by atoms with E-state index >= 15 is 0 Å². The van der Waals surface area contributed by atoms with Gasteiger partial charge in [0.2, 0.25) is 0 Å². The molecule has 0 amide bonds. The predicted octanol–water partition coefficient (Wildman–Crippen LogP) is 5.81. The number of thioether (sulfide) groups is 1. The Morgan fingerprint density at radius 2 is 2.04 bits per heavy atom. The van der Waals surface area contributed by atoms with Gasteiger partial charge in [-0.1, -0.05) is 30.3 Å². The van der Waals surface area contributed by atoms with E-state index in [2.05, 4.69) is 37.7 Å². The summed E-state index contributed by atoms with van der Waals surface area (Å²) in [5.41, 5.74) is -0.0291. The Balaban J connectivity index is 2.33. The van der Waals surface area contributed by atoms with Crippen molar-refractivity contribution in [2.75, 3.05) is 17.7 Å². The Labute approximate surface area is 157 Å². The van der Waals surface area contributed by atoms with Gasteiger partial charge in [0.1, 0.15) is 11.3 Å². The zero-order chi connectivity index (χ0) is 17.4. The molecule has 2 aromatic rings.